The second-order valence-electron chi connectivity index (χ2n) is 7.50. The van der Waals surface area contributed by atoms with Gasteiger partial charge >= 0.3 is 5.97 Å². The fourth-order valence-electron chi connectivity index (χ4n) is 3.63. The van der Waals surface area contributed by atoms with E-state index in [1.54, 1.807) is 24.3 Å². The number of carbonyl (C=O) groups excluding carboxylic acids is 2. The molecule has 2 aliphatic rings. The number of esters is 1. The number of benzene rings is 1. The molecule has 6 nitrogen and oxygen atoms in total. The van der Waals surface area contributed by atoms with Crippen molar-refractivity contribution < 1.29 is 23.8 Å². The van der Waals surface area contributed by atoms with Crippen LogP contribution in [0.4, 0.5) is 0 Å². The van der Waals surface area contributed by atoms with Crippen LogP contribution < -0.4 is 9.47 Å². The maximum Gasteiger partial charge on any atom is 0.331 e. The third kappa shape index (κ3) is 4.36. The second-order valence-corrected chi connectivity index (χ2v) is 7.50. The molecule has 152 valence electrons. The Bertz CT molecular complexity index is 968. The van der Waals surface area contributed by atoms with Crippen LogP contribution >= 0.6 is 0 Å². The van der Waals surface area contributed by atoms with Gasteiger partial charge in [0, 0.05) is 35.5 Å². The number of ketones is 1. The fourth-order valence-corrected chi connectivity index (χ4v) is 3.63. The van der Waals surface area contributed by atoms with Crippen LogP contribution in [-0.4, -0.2) is 36.1 Å². The first-order valence-corrected chi connectivity index (χ1v) is 9.99. The molecule has 0 bridgehead atoms. The van der Waals surface area contributed by atoms with Crippen LogP contribution in [0.5, 0.6) is 11.5 Å². The number of Topliss-reactive ketones (excluding diaryl/α,β-unsaturated/α-hetero) is 1. The number of aromatic nitrogens is 1. The number of nitrogens with zero attached hydrogens (tertiary/aromatic N) is 1. The highest BCUT2D eigenvalue weighted by Gasteiger charge is 2.26. The first-order valence-electron chi connectivity index (χ1n) is 9.99. The van der Waals surface area contributed by atoms with E-state index >= 15 is 0 Å². The van der Waals surface area contributed by atoms with Crippen molar-refractivity contribution in [1.82, 2.24) is 4.57 Å². The molecule has 0 amide bonds. The molecule has 0 saturated heterocycles. The lowest BCUT2D eigenvalue weighted by Crippen LogP contribution is -2.12. The predicted molar refractivity (Wildman–Crippen MR) is 109 cm³/mol. The van der Waals surface area contributed by atoms with Crippen molar-refractivity contribution in [3.63, 3.8) is 0 Å². The van der Waals surface area contributed by atoms with Crippen LogP contribution in [0.1, 0.15) is 52.6 Å². The van der Waals surface area contributed by atoms with Crippen LogP contribution in [0.2, 0.25) is 0 Å². The van der Waals surface area contributed by atoms with Crippen molar-refractivity contribution in [2.24, 2.45) is 0 Å². The van der Waals surface area contributed by atoms with E-state index < -0.39 is 5.97 Å². The number of fused-ring (bicyclic) bond motifs is 1. The third-order valence-electron chi connectivity index (χ3n) is 5.25. The highest BCUT2D eigenvalue weighted by molar-refractivity contribution is 5.99. The quantitative estimate of drug-likeness (QED) is 0.420. The van der Waals surface area contributed by atoms with Crippen molar-refractivity contribution in [3.05, 3.63) is 52.9 Å². The monoisotopic (exact) mass is 395 g/mol. The summed E-state index contributed by atoms with van der Waals surface area (Å²) in [5, 5.41) is 0. The third-order valence-corrected chi connectivity index (χ3v) is 5.25. The Morgan fingerprint density at radius 2 is 1.90 bits per heavy atom. The summed E-state index contributed by atoms with van der Waals surface area (Å²) in [4.78, 5) is 24.4. The van der Waals surface area contributed by atoms with Gasteiger partial charge < -0.3 is 18.8 Å². The number of hydrogen-bond donors (Lipinski definition) is 0. The van der Waals surface area contributed by atoms with Gasteiger partial charge in [0.05, 0.1) is 13.2 Å². The summed E-state index contributed by atoms with van der Waals surface area (Å²) >= 11 is 0. The van der Waals surface area contributed by atoms with E-state index in [2.05, 4.69) is 24.5 Å². The van der Waals surface area contributed by atoms with Crippen LogP contribution in [0, 0.1) is 13.8 Å². The van der Waals surface area contributed by atoms with Crippen LogP contribution in [0.3, 0.4) is 0 Å². The number of hydrogen-bond acceptors (Lipinski definition) is 5. The highest BCUT2D eigenvalue weighted by Crippen LogP contribution is 2.38. The van der Waals surface area contributed by atoms with E-state index in [-0.39, 0.29) is 12.4 Å². The molecule has 2 aromatic rings. The van der Waals surface area contributed by atoms with Crippen molar-refractivity contribution in [2.75, 3.05) is 19.8 Å². The summed E-state index contributed by atoms with van der Waals surface area (Å²) < 4.78 is 18.6. The zero-order valence-corrected chi connectivity index (χ0v) is 16.8. The minimum Gasteiger partial charge on any atom is -0.490 e. The molecular weight excluding hydrogens is 370 g/mol. The van der Waals surface area contributed by atoms with Gasteiger partial charge in [0.2, 0.25) is 0 Å². The number of aryl methyl sites for hydroxylation is 1. The van der Waals surface area contributed by atoms with Crippen molar-refractivity contribution in [2.45, 2.75) is 39.2 Å². The molecule has 0 N–H and O–H groups in total. The molecular formula is C23H25NO5. The van der Waals surface area contributed by atoms with Gasteiger partial charge in [-0.2, -0.15) is 0 Å². The molecule has 1 aromatic heterocycles. The maximum absolute atomic E-state index is 12.4. The minimum absolute atomic E-state index is 0.283. The molecule has 1 aromatic carbocycles. The molecule has 1 aliphatic carbocycles. The molecule has 0 atom stereocenters. The zero-order chi connectivity index (χ0) is 20.4. The molecule has 1 aliphatic heterocycles. The molecule has 0 spiro atoms. The Balaban J connectivity index is 1.35. The van der Waals surface area contributed by atoms with E-state index in [0.717, 1.165) is 17.7 Å². The van der Waals surface area contributed by atoms with Gasteiger partial charge in [-0.3, -0.25) is 4.79 Å². The van der Waals surface area contributed by atoms with Crippen LogP contribution in [0.25, 0.3) is 6.08 Å². The largest absolute Gasteiger partial charge is 0.490 e. The van der Waals surface area contributed by atoms with Gasteiger partial charge in [0.15, 0.2) is 23.9 Å². The summed E-state index contributed by atoms with van der Waals surface area (Å²) in [6, 6.07) is 7.68. The molecule has 0 unspecified atom stereocenters. The normalized spacial score (nSPS) is 15.9. The second kappa shape index (κ2) is 8.15. The average Bonchev–Trinajstić information content (AvgIpc) is 3.52. The van der Waals surface area contributed by atoms with E-state index in [0.29, 0.717) is 36.3 Å². The summed E-state index contributed by atoms with van der Waals surface area (Å²) in [5.74, 6) is 0.353. The van der Waals surface area contributed by atoms with Gasteiger partial charge in [-0.15, -0.1) is 0 Å². The predicted octanol–water partition coefficient (Wildman–Crippen LogP) is 4.04. The molecule has 1 fully saturated rings. The zero-order valence-electron chi connectivity index (χ0n) is 16.8. The van der Waals surface area contributed by atoms with Crippen LogP contribution in [-0.2, 0) is 9.53 Å². The Labute approximate surface area is 170 Å². The number of rotatable bonds is 6. The Morgan fingerprint density at radius 3 is 2.66 bits per heavy atom. The summed E-state index contributed by atoms with van der Waals surface area (Å²) in [5.41, 5.74) is 3.78. The Kier molecular flexibility index (Phi) is 5.43. The van der Waals surface area contributed by atoms with Crippen molar-refractivity contribution in [1.29, 1.82) is 0 Å². The molecule has 0 radical (unpaired) electrons. The fraction of sp³-hybridized carbons (Fsp3) is 0.391. The van der Waals surface area contributed by atoms with E-state index in [1.807, 2.05) is 0 Å². The van der Waals surface area contributed by atoms with Gasteiger partial charge in [0.25, 0.3) is 0 Å². The molecule has 29 heavy (non-hydrogen) atoms. The maximum atomic E-state index is 12.4. The Morgan fingerprint density at radius 1 is 1.14 bits per heavy atom. The smallest absolute Gasteiger partial charge is 0.331 e. The highest BCUT2D eigenvalue weighted by atomic mass is 16.5. The topological polar surface area (TPSA) is 66.8 Å². The van der Waals surface area contributed by atoms with E-state index in [4.69, 9.17) is 14.2 Å². The van der Waals surface area contributed by atoms with Crippen LogP contribution in [0.15, 0.2) is 30.3 Å². The van der Waals surface area contributed by atoms with Gasteiger partial charge in [-0.25, -0.2) is 4.79 Å². The lowest BCUT2D eigenvalue weighted by atomic mass is 10.1. The van der Waals surface area contributed by atoms with Crippen molar-refractivity contribution >= 4 is 17.8 Å². The van der Waals surface area contributed by atoms with Gasteiger partial charge in [-0.05, 0) is 62.6 Å². The average molecular weight is 395 g/mol. The van der Waals surface area contributed by atoms with Crippen molar-refractivity contribution in [3.8, 4) is 11.5 Å². The minimum atomic E-state index is -0.538. The van der Waals surface area contributed by atoms with Gasteiger partial charge in [-0.1, -0.05) is 0 Å². The number of carbonyl (C=O) groups is 2. The number of ether oxygens (including phenoxy) is 3. The SMILES string of the molecule is Cc1cc(/C=C/C(=O)OCC(=O)c2ccc3c(c2)OCCCO3)c(C)n1C1CC1. The standard InChI is InChI=1S/C23H25NO5/c1-15-12-17(16(2)24(15)19-6-7-19)5-9-23(26)29-14-20(25)18-4-8-21-22(13-18)28-11-3-10-27-21/h4-5,8-9,12-13,19H,3,6-7,10-11,14H2,1-2H3/b9-5+. The summed E-state index contributed by atoms with van der Waals surface area (Å²) in [6.07, 6.45) is 6.35. The summed E-state index contributed by atoms with van der Waals surface area (Å²) in [7, 11) is 0. The first-order chi connectivity index (χ1) is 14.0. The summed E-state index contributed by atoms with van der Waals surface area (Å²) in [6.45, 7) is 4.96. The van der Waals surface area contributed by atoms with E-state index in [9.17, 15) is 9.59 Å². The van der Waals surface area contributed by atoms with E-state index in [1.165, 1.54) is 24.6 Å². The molecule has 6 heteroatoms. The molecule has 4 rings (SSSR count). The molecule has 1 saturated carbocycles. The Hall–Kier alpha value is -3.02. The lowest BCUT2D eigenvalue weighted by Gasteiger charge is -2.09. The first kappa shape index (κ1) is 19.3. The lowest BCUT2D eigenvalue weighted by molar-refractivity contribution is -0.136. The van der Waals surface area contributed by atoms with Gasteiger partial charge in [0.1, 0.15) is 0 Å². The molecule has 2 heterocycles.